The van der Waals surface area contributed by atoms with Crippen LogP contribution in [0.5, 0.6) is 0 Å². The lowest BCUT2D eigenvalue weighted by molar-refractivity contribution is -0.145. The Morgan fingerprint density at radius 1 is 1.16 bits per heavy atom. The van der Waals surface area contributed by atoms with Gasteiger partial charge in [-0.25, -0.2) is 0 Å². The van der Waals surface area contributed by atoms with E-state index >= 15 is 0 Å². The molecule has 0 heterocycles. The van der Waals surface area contributed by atoms with Crippen molar-refractivity contribution in [3.8, 4) is 0 Å². The first-order valence-electron chi connectivity index (χ1n) is 6.49. The number of aliphatic carboxylic acids is 1. The second-order valence-electron chi connectivity index (χ2n) is 5.28. The molecule has 0 spiro atoms. The molecular weight excluding hydrogens is 244 g/mol. The van der Waals surface area contributed by atoms with Crippen molar-refractivity contribution in [1.29, 1.82) is 0 Å². The largest absolute Gasteiger partial charge is 0.481 e. The molecule has 0 saturated heterocycles. The SMILES string of the molecule is CC(=O)c1ccc(C2(O)CCC(C(=O)O)CC2)cc1. The molecule has 1 fully saturated rings. The Bertz CT molecular complexity index is 481. The van der Waals surface area contributed by atoms with Crippen LogP contribution in [-0.2, 0) is 10.4 Å². The fourth-order valence-corrected chi connectivity index (χ4v) is 2.65. The van der Waals surface area contributed by atoms with Crippen LogP contribution in [0.25, 0.3) is 0 Å². The number of carbonyl (C=O) groups is 2. The molecule has 1 aromatic carbocycles. The Hall–Kier alpha value is -1.68. The third kappa shape index (κ3) is 2.84. The molecule has 0 unspecified atom stereocenters. The van der Waals surface area contributed by atoms with Gasteiger partial charge in [-0.05, 0) is 38.2 Å². The quantitative estimate of drug-likeness (QED) is 0.820. The van der Waals surface area contributed by atoms with E-state index in [-0.39, 0.29) is 11.7 Å². The third-order valence-corrected chi connectivity index (χ3v) is 3.99. The zero-order valence-electron chi connectivity index (χ0n) is 10.9. The standard InChI is InChI=1S/C15H18O4/c1-10(16)11-2-4-13(5-3-11)15(19)8-6-12(7-9-15)14(17)18/h2-5,12,19H,6-9H2,1H3,(H,17,18). The summed E-state index contributed by atoms with van der Waals surface area (Å²) in [6.45, 7) is 1.50. The van der Waals surface area contributed by atoms with E-state index < -0.39 is 11.6 Å². The summed E-state index contributed by atoms with van der Waals surface area (Å²) in [6, 6.07) is 6.94. The maximum Gasteiger partial charge on any atom is 0.306 e. The molecule has 19 heavy (non-hydrogen) atoms. The second kappa shape index (κ2) is 5.13. The van der Waals surface area contributed by atoms with E-state index in [1.807, 2.05) is 0 Å². The van der Waals surface area contributed by atoms with Gasteiger partial charge in [-0.3, -0.25) is 9.59 Å². The van der Waals surface area contributed by atoms with Gasteiger partial charge in [-0.1, -0.05) is 24.3 Å². The molecule has 0 aliphatic heterocycles. The number of aliphatic hydroxyl groups is 1. The molecule has 0 amide bonds. The molecule has 102 valence electrons. The second-order valence-corrected chi connectivity index (χ2v) is 5.28. The number of hydrogen-bond acceptors (Lipinski definition) is 3. The average Bonchev–Trinajstić information content (AvgIpc) is 2.39. The fraction of sp³-hybridized carbons (Fsp3) is 0.467. The number of hydrogen-bond donors (Lipinski definition) is 2. The lowest BCUT2D eigenvalue weighted by Gasteiger charge is -2.35. The smallest absolute Gasteiger partial charge is 0.306 e. The van der Waals surface area contributed by atoms with Gasteiger partial charge in [0.1, 0.15) is 0 Å². The van der Waals surface area contributed by atoms with E-state index in [4.69, 9.17) is 5.11 Å². The molecule has 1 aliphatic carbocycles. The monoisotopic (exact) mass is 262 g/mol. The highest BCUT2D eigenvalue weighted by Crippen LogP contribution is 2.39. The Labute approximate surface area is 112 Å². The lowest BCUT2D eigenvalue weighted by Crippen LogP contribution is -2.33. The molecule has 2 rings (SSSR count). The number of carboxylic acids is 1. The van der Waals surface area contributed by atoms with Crippen LogP contribution in [0.1, 0.15) is 48.5 Å². The highest BCUT2D eigenvalue weighted by molar-refractivity contribution is 5.94. The van der Waals surface area contributed by atoms with Crippen LogP contribution in [0.2, 0.25) is 0 Å². The first kappa shape index (κ1) is 13.7. The summed E-state index contributed by atoms with van der Waals surface area (Å²) in [5, 5.41) is 19.6. The Morgan fingerprint density at radius 3 is 2.11 bits per heavy atom. The number of benzene rings is 1. The van der Waals surface area contributed by atoms with E-state index in [2.05, 4.69) is 0 Å². The van der Waals surface area contributed by atoms with Crippen LogP contribution < -0.4 is 0 Å². The van der Waals surface area contributed by atoms with Crippen molar-refractivity contribution in [2.75, 3.05) is 0 Å². The molecule has 1 saturated carbocycles. The van der Waals surface area contributed by atoms with Crippen molar-refractivity contribution in [2.45, 2.75) is 38.2 Å². The van der Waals surface area contributed by atoms with Gasteiger partial charge >= 0.3 is 5.97 Å². The average molecular weight is 262 g/mol. The minimum absolute atomic E-state index is 0.00637. The molecular formula is C15H18O4. The van der Waals surface area contributed by atoms with Crippen LogP contribution in [0, 0.1) is 5.92 Å². The predicted molar refractivity (Wildman–Crippen MR) is 69.9 cm³/mol. The van der Waals surface area contributed by atoms with Gasteiger partial charge in [0.2, 0.25) is 0 Å². The first-order valence-corrected chi connectivity index (χ1v) is 6.49. The van der Waals surface area contributed by atoms with Gasteiger partial charge in [0.15, 0.2) is 5.78 Å². The molecule has 0 atom stereocenters. The summed E-state index contributed by atoms with van der Waals surface area (Å²) < 4.78 is 0. The number of ketones is 1. The molecule has 1 aliphatic rings. The zero-order chi connectivity index (χ0) is 14.0. The first-order chi connectivity index (χ1) is 8.92. The maximum absolute atomic E-state index is 11.2. The Morgan fingerprint density at radius 2 is 1.68 bits per heavy atom. The Kier molecular flexibility index (Phi) is 3.71. The van der Waals surface area contributed by atoms with Gasteiger partial charge in [-0.2, -0.15) is 0 Å². The summed E-state index contributed by atoms with van der Waals surface area (Å²) in [4.78, 5) is 22.1. The van der Waals surface area contributed by atoms with E-state index in [1.54, 1.807) is 24.3 Å². The van der Waals surface area contributed by atoms with Crippen molar-refractivity contribution >= 4 is 11.8 Å². The number of carbonyl (C=O) groups excluding carboxylic acids is 1. The molecule has 0 aromatic heterocycles. The maximum atomic E-state index is 11.2. The van der Waals surface area contributed by atoms with Gasteiger partial charge in [0, 0.05) is 5.56 Å². The molecule has 2 N–H and O–H groups in total. The molecule has 4 heteroatoms. The van der Waals surface area contributed by atoms with E-state index in [0.29, 0.717) is 31.2 Å². The molecule has 4 nitrogen and oxygen atoms in total. The van der Waals surface area contributed by atoms with Crippen molar-refractivity contribution in [2.24, 2.45) is 5.92 Å². The minimum atomic E-state index is -0.957. The highest BCUT2D eigenvalue weighted by Gasteiger charge is 2.36. The van der Waals surface area contributed by atoms with E-state index in [0.717, 1.165) is 5.56 Å². The van der Waals surface area contributed by atoms with Gasteiger partial charge in [-0.15, -0.1) is 0 Å². The van der Waals surface area contributed by atoms with Crippen molar-refractivity contribution in [3.63, 3.8) is 0 Å². The third-order valence-electron chi connectivity index (χ3n) is 3.99. The number of Topliss-reactive ketones (excluding diaryl/α,β-unsaturated/α-hetero) is 1. The Balaban J connectivity index is 2.13. The highest BCUT2D eigenvalue weighted by atomic mass is 16.4. The van der Waals surface area contributed by atoms with Gasteiger partial charge < -0.3 is 10.2 Å². The summed E-state index contributed by atoms with van der Waals surface area (Å²) in [6.07, 6.45) is 1.87. The van der Waals surface area contributed by atoms with Crippen LogP contribution in [0.15, 0.2) is 24.3 Å². The van der Waals surface area contributed by atoms with Crippen molar-refractivity contribution in [3.05, 3.63) is 35.4 Å². The van der Waals surface area contributed by atoms with Crippen molar-refractivity contribution < 1.29 is 19.8 Å². The zero-order valence-corrected chi connectivity index (χ0v) is 10.9. The fourth-order valence-electron chi connectivity index (χ4n) is 2.65. The summed E-state index contributed by atoms with van der Waals surface area (Å²) in [7, 11) is 0. The van der Waals surface area contributed by atoms with Gasteiger partial charge in [0.05, 0.1) is 11.5 Å². The van der Waals surface area contributed by atoms with Crippen LogP contribution in [0.4, 0.5) is 0 Å². The number of rotatable bonds is 3. The molecule has 1 aromatic rings. The summed E-state index contributed by atoms with van der Waals surface area (Å²) >= 11 is 0. The minimum Gasteiger partial charge on any atom is -0.481 e. The van der Waals surface area contributed by atoms with Crippen LogP contribution in [0.3, 0.4) is 0 Å². The summed E-state index contributed by atoms with van der Waals surface area (Å²) in [5.41, 5.74) is 0.425. The molecule has 0 bridgehead atoms. The van der Waals surface area contributed by atoms with Crippen LogP contribution in [-0.4, -0.2) is 22.0 Å². The van der Waals surface area contributed by atoms with E-state index in [9.17, 15) is 14.7 Å². The molecule has 0 radical (unpaired) electrons. The van der Waals surface area contributed by atoms with E-state index in [1.165, 1.54) is 6.92 Å². The lowest BCUT2D eigenvalue weighted by atomic mass is 9.75. The topological polar surface area (TPSA) is 74.6 Å². The van der Waals surface area contributed by atoms with Gasteiger partial charge in [0.25, 0.3) is 0 Å². The predicted octanol–water partition coefficient (Wildman–Crippen LogP) is 2.35. The normalized spacial score (nSPS) is 26.9. The van der Waals surface area contributed by atoms with Crippen molar-refractivity contribution in [1.82, 2.24) is 0 Å². The van der Waals surface area contributed by atoms with Crippen LogP contribution >= 0.6 is 0 Å². The number of carboxylic acid groups (broad SMARTS) is 1. The summed E-state index contributed by atoms with van der Waals surface area (Å²) in [5.74, 6) is -1.14.